The van der Waals surface area contributed by atoms with Crippen molar-refractivity contribution in [2.45, 2.75) is 64.7 Å². The van der Waals surface area contributed by atoms with Crippen LogP contribution in [0.4, 0.5) is 0 Å². The lowest BCUT2D eigenvalue weighted by Crippen LogP contribution is -2.35. The highest BCUT2D eigenvalue weighted by molar-refractivity contribution is 7.11. The summed E-state index contributed by atoms with van der Waals surface area (Å²) in [4.78, 5) is 5.50. The van der Waals surface area contributed by atoms with Crippen molar-refractivity contribution in [3.63, 3.8) is 0 Å². The molecular formula is C14H24N2OS. The Morgan fingerprint density at radius 3 is 2.78 bits per heavy atom. The van der Waals surface area contributed by atoms with Crippen molar-refractivity contribution in [3.8, 4) is 0 Å². The summed E-state index contributed by atoms with van der Waals surface area (Å²) in [5.41, 5.74) is 0. The lowest BCUT2D eigenvalue weighted by Gasteiger charge is -2.29. The van der Waals surface area contributed by atoms with Crippen molar-refractivity contribution >= 4 is 11.3 Å². The second kappa shape index (κ2) is 7.22. The number of ether oxygens (including phenoxy) is 1. The number of rotatable bonds is 6. The maximum absolute atomic E-state index is 5.98. The standard InChI is InChI=1S/C14H24N2OS/c1-3-8-15-12-4-6-13(7-5-12)17-10-14-9-16-11(2)18-14/h9,12-13,15H,3-8,10H2,1-2H3. The molecule has 1 fully saturated rings. The molecule has 1 N–H and O–H groups in total. The molecule has 0 radical (unpaired) electrons. The highest BCUT2D eigenvalue weighted by Crippen LogP contribution is 2.23. The predicted octanol–water partition coefficient (Wildman–Crippen LogP) is 3.28. The zero-order chi connectivity index (χ0) is 12.8. The molecule has 1 heterocycles. The summed E-state index contributed by atoms with van der Waals surface area (Å²) in [6.45, 7) is 6.15. The summed E-state index contributed by atoms with van der Waals surface area (Å²) in [6, 6.07) is 0.718. The molecule has 1 aromatic rings. The molecule has 0 unspecified atom stereocenters. The van der Waals surface area contributed by atoms with Crippen LogP contribution in [0.15, 0.2) is 6.20 Å². The van der Waals surface area contributed by atoms with Gasteiger partial charge in [-0.05, 0) is 45.6 Å². The van der Waals surface area contributed by atoms with Gasteiger partial charge in [-0.15, -0.1) is 11.3 Å². The number of aryl methyl sites for hydroxylation is 1. The van der Waals surface area contributed by atoms with E-state index in [0.29, 0.717) is 6.10 Å². The first-order valence-corrected chi connectivity index (χ1v) is 7.86. The third-order valence-corrected chi connectivity index (χ3v) is 4.37. The first kappa shape index (κ1) is 14.0. The van der Waals surface area contributed by atoms with Gasteiger partial charge < -0.3 is 10.1 Å². The first-order valence-electron chi connectivity index (χ1n) is 7.04. The topological polar surface area (TPSA) is 34.1 Å². The van der Waals surface area contributed by atoms with E-state index in [1.54, 1.807) is 11.3 Å². The second-order valence-electron chi connectivity index (χ2n) is 5.08. The molecule has 0 spiro atoms. The molecule has 0 saturated heterocycles. The summed E-state index contributed by atoms with van der Waals surface area (Å²) in [7, 11) is 0. The molecule has 0 amide bonds. The molecule has 4 heteroatoms. The Labute approximate surface area is 114 Å². The quantitative estimate of drug-likeness (QED) is 0.859. The van der Waals surface area contributed by atoms with E-state index in [2.05, 4.69) is 17.2 Å². The van der Waals surface area contributed by atoms with Gasteiger partial charge in [-0.2, -0.15) is 0 Å². The fourth-order valence-electron chi connectivity index (χ4n) is 2.45. The smallest absolute Gasteiger partial charge is 0.0897 e. The van der Waals surface area contributed by atoms with Gasteiger partial charge in [0.15, 0.2) is 0 Å². The van der Waals surface area contributed by atoms with Crippen LogP contribution in [0.25, 0.3) is 0 Å². The van der Waals surface area contributed by atoms with Crippen molar-refractivity contribution in [1.82, 2.24) is 10.3 Å². The first-order chi connectivity index (χ1) is 8.78. The summed E-state index contributed by atoms with van der Waals surface area (Å²) in [6.07, 6.45) is 8.51. The number of hydrogen-bond acceptors (Lipinski definition) is 4. The number of hydrogen-bond donors (Lipinski definition) is 1. The van der Waals surface area contributed by atoms with Crippen molar-refractivity contribution in [2.24, 2.45) is 0 Å². The monoisotopic (exact) mass is 268 g/mol. The van der Waals surface area contributed by atoms with Gasteiger partial charge in [-0.3, -0.25) is 0 Å². The van der Waals surface area contributed by atoms with Gasteiger partial charge in [-0.1, -0.05) is 6.92 Å². The van der Waals surface area contributed by atoms with Crippen molar-refractivity contribution < 1.29 is 4.74 Å². The fourth-order valence-corrected chi connectivity index (χ4v) is 3.17. The van der Waals surface area contributed by atoms with Crippen LogP contribution in [0.2, 0.25) is 0 Å². The van der Waals surface area contributed by atoms with Gasteiger partial charge in [0.05, 0.1) is 22.6 Å². The Morgan fingerprint density at radius 2 is 2.17 bits per heavy atom. The molecule has 0 atom stereocenters. The summed E-state index contributed by atoms with van der Waals surface area (Å²) in [5, 5.41) is 4.73. The maximum atomic E-state index is 5.98. The van der Waals surface area contributed by atoms with Gasteiger partial charge in [0.25, 0.3) is 0 Å². The Kier molecular flexibility index (Phi) is 5.60. The Balaban J connectivity index is 1.64. The van der Waals surface area contributed by atoms with E-state index in [1.807, 2.05) is 13.1 Å². The SMILES string of the molecule is CCCNC1CCC(OCc2cnc(C)s2)CC1. The molecular weight excluding hydrogens is 244 g/mol. The van der Waals surface area contributed by atoms with Crippen LogP contribution in [0.1, 0.15) is 48.9 Å². The third kappa shape index (κ3) is 4.34. The van der Waals surface area contributed by atoms with E-state index in [1.165, 1.54) is 37.0 Å². The average Bonchev–Trinajstić information content (AvgIpc) is 2.81. The van der Waals surface area contributed by atoms with E-state index in [4.69, 9.17) is 4.74 Å². The molecule has 3 nitrogen and oxygen atoms in total. The highest BCUT2D eigenvalue weighted by Gasteiger charge is 2.21. The lowest BCUT2D eigenvalue weighted by atomic mass is 9.93. The van der Waals surface area contributed by atoms with Gasteiger partial charge >= 0.3 is 0 Å². The highest BCUT2D eigenvalue weighted by atomic mass is 32.1. The summed E-state index contributed by atoms with van der Waals surface area (Å²) in [5.74, 6) is 0. The largest absolute Gasteiger partial charge is 0.373 e. The van der Waals surface area contributed by atoms with Gasteiger partial charge in [-0.25, -0.2) is 4.98 Å². The summed E-state index contributed by atoms with van der Waals surface area (Å²) < 4.78 is 5.98. The van der Waals surface area contributed by atoms with Gasteiger partial charge in [0.2, 0.25) is 0 Å². The maximum Gasteiger partial charge on any atom is 0.0897 e. The van der Waals surface area contributed by atoms with Crippen molar-refractivity contribution in [3.05, 3.63) is 16.1 Å². The number of thiazole rings is 1. The van der Waals surface area contributed by atoms with Crippen molar-refractivity contribution in [1.29, 1.82) is 0 Å². The molecule has 0 aromatic carbocycles. The molecule has 1 saturated carbocycles. The van der Waals surface area contributed by atoms with Crippen LogP contribution >= 0.6 is 11.3 Å². The third-order valence-electron chi connectivity index (χ3n) is 3.49. The zero-order valence-electron chi connectivity index (χ0n) is 11.4. The predicted molar refractivity (Wildman–Crippen MR) is 76.0 cm³/mol. The van der Waals surface area contributed by atoms with Crippen LogP contribution in [-0.2, 0) is 11.3 Å². The van der Waals surface area contributed by atoms with E-state index in [9.17, 15) is 0 Å². The van der Waals surface area contributed by atoms with Crippen molar-refractivity contribution in [2.75, 3.05) is 6.54 Å². The van der Waals surface area contributed by atoms with Crippen LogP contribution < -0.4 is 5.32 Å². The minimum absolute atomic E-state index is 0.451. The average molecular weight is 268 g/mol. The summed E-state index contributed by atoms with van der Waals surface area (Å²) >= 11 is 1.74. The second-order valence-corrected chi connectivity index (χ2v) is 6.40. The molecule has 102 valence electrons. The minimum Gasteiger partial charge on any atom is -0.373 e. The van der Waals surface area contributed by atoms with Gasteiger partial charge in [0.1, 0.15) is 0 Å². The normalized spacial score (nSPS) is 24.3. The molecule has 1 aliphatic rings. The Hall–Kier alpha value is -0.450. The van der Waals surface area contributed by atoms with Crippen LogP contribution in [0, 0.1) is 6.92 Å². The number of nitrogens with one attached hydrogen (secondary N) is 1. The minimum atomic E-state index is 0.451. The molecule has 1 aromatic heterocycles. The molecule has 18 heavy (non-hydrogen) atoms. The number of nitrogens with zero attached hydrogens (tertiary/aromatic N) is 1. The lowest BCUT2D eigenvalue weighted by molar-refractivity contribution is 0.0126. The molecule has 2 rings (SSSR count). The van der Waals surface area contributed by atoms with Crippen LogP contribution in [-0.4, -0.2) is 23.7 Å². The number of aromatic nitrogens is 1. The van der Waals surface area contributed by atoms with Gasteiger partial charge in [0, 0.05) is 12.2 Å². The van der Waals surface area contributed by atoms with Crippen LogP contribution in [0.5, 0.6) is 0 Å². The zero-order valence-corrected chi connectivity index (χ0v) is 12.3. The fraction of sp³-hybridized carbons (Fsp3) is 0.786. The Morgan fingerprint density at radius 1 is 1.39 bits per heavy atom. The van der Waals surface area contributed by atoms with Crippen LogP contribution in [0.3, 0.4) is 0 Å². The molecule has 0 bridgehead atoms. The molecule has 1 aliphatic carbocycles. The Bertz CT molecular complexity index is 345. The van der Waals surface area contributed by atoms with E-state index in [0.717, 1.165) is 24.2 Å². The van der Waals surface area contributed by atoms with E-state index < -0.39 is 0 Å². The molecule has 0 aliphatic heterocycles. The van der Waals surface area contributed by atoms with E-state index in [-0.39, 0.29) is 0 Å². The van der Waals surface area contributed by atoms with E-state index >= 15 is 0 Å².